The number of rotatable bonds is 7. The van der Waals surface area contributed by atoms with E-state index in [1.807, 2.05) is 60.7 Å². The van der Waals surface area contributed by atoms with Gasteiger partial charge in [-0.2, -0.15) is 4.31 Å². The van der Waals surface area contributed by atoms with Crippen LogP contribution in [0.1, 0.15) is 11.1 Å². The van der Waals surface area contributed by atoms with Crippen molar-refractivity contribution in [2.24, 2.45) is 0 Å². The summed E-state index contributed by atoms with van der Waals surface area (Å²) in [6, 6.07) is 18.4. The van der Waals surface area contributed by atoms with Gasteiger partial charge in [-0.1, -0.05) is 95.5 Å². The highest BCUT2D eigenvalue weighted by atomic mass is 35.6. The topological polar surface area (TPSA) is 57.6 Å². The molecule has 1 atom stereocenters. The van der Waals surface area contributed by atoms with Crippen molar-refractivity contribution in [2.75, 3.05) is 5.75 Å². The summed E-state index contributed by atoms with van der Waals surface area (Å²) in [5, 5.41) is 9.90. The highest BCUT2D eigenvalue weighted by molar-refractivity contribution is 7.89. The molecule has 0 spiro atoms. The van der Waals surface area contributed by atoms with Crippen LogP contribution >= 0.6 is 34.8 Å². The van der Waals surface area contributed by atoms with Gasteiger partial charge in [0, 0.05) is 13.1 Å². The summed E-state index contributed by atoms with van der Waals surface area (Å²) >= 11 is 16.8. The molecule has 0 saturated carbocycles. The average Bonchev–Trinajstić information content (AvgIpc) is 2.55. The molecule has 2 aromatic rings. The lowest BCUT2D eigenvalue weighted by Gasteiger charge is -2.26. The van der Waals surface area contributed by atoms with Gasteiger partial charge in [-0.25, -0.2) is 8.42 Å². The van der Waals surface area contributed by atoms with Crippen molar-refractivity contribution in [3.8, 4) is 0 Å². The Hall–Kier alpha value is -0.820. The maximum atomic E-state index is 12.8. The number of sulfonamides is 1. The largest absolute Gasteiger partial charge is 0.388 e. The lowest BCUT2D eigenvalue weighted by Crippen LogP contribution is -2.40. The molecule has 0 aliphatic rings. The molecule has 0 radical (unpaired) electrons. The van der Waals surface area contributed by atoms with Crippen molar-refractivity contribution in [3.63, 3.8) is 0 Å². The van der Waals surface area contributed by atoms with Gasteiger partial charge < -0.3 is 5.11 Å². The third-order valence-electron chi connectivity index (χ3n) is 3.54. The molecule has 0 aliphatic heterocycles. The Bertz CT molecular complexity index is 723. The van der Waals surface area contributed by atoms with Gasteiger partial charge >= 0.3 is 0 Å². The highest BCUT2D eigenvalue weighted by Crippen LogP contribution is 2.31. The molecule has 0 saturated heterocycles. The van der Waals surface area contributed by atoms with E-state index >= 15 is 0 Å². The van der Waals surface area contributed by atoms with Crippen molar-refractivity contribution < 1.29 is 13.5 Å². The second-order valence-electron chi connectivity index (χ2n) is 5.58. The van der Waals surface area contributed by atoms with Crippen LogP contribution < -0.4 is 0 Å². The molecule has 0 bridgehead atoms. The molecule has 0 amide bonds. The Labute approximate surface area is 163 Å². The highest BCUT2D eigenvalue weighted by Gasteiger charge is 2.36. The van der Waals surface area contributed by atoms with E-state index in [1.165, 1.54) is 4.31 Å². The Kier molecular flexibility index (Phi) is 7.14. The van der Waals surface area contributed by atoms with Crippen LogP contribution in [0.25, 0.3) is 0 Å². The van der Waals surface area contributed by atoms with Gasteiger partial charge in [-0.05, 0) is 11.1 Å². The fraction of sp³-hybridized carbons (Fsp3) is 0.294. The predicted molar refractivity (Wildman–Crippen MR) is 102 cm³/mol. The number of nitrogens with zero attached hydrogens (tertiary/aromatic N) is 1. The van der Waals surface area contributed by atoms with E-state index < -0.39 is 25.7 Å². The average molecular weight is 423 g/mol. The number of halogens is 3. The zero-order valence-electron chi connectivity index (χ0n) is 13.2. The minimum Gasteiger partial charge on any atom is -0.388 e. The molecule has 0 aromatic heterocycles. The van der Waals surface area contributed by atoms with Crippen LogP contribution in [-0.2, 0) is 23.1 Å². The summed E-state index contributed by atoms with van der Waals surface area (Å²) < 4.78 is 24.8. The van der Waals surface area contributed by atoms with Crippen LogP contribution in [0.4, 0.5) is 0 Å². The number of aliphatic hydroxyl groups is 1. The van der Waals surface area contributed by atoms with Crippen LogP contribution in [0.15, 0.2) is 60.7 Å². The van der Waals surface area contributed by atoms with Crippen LogP contribution in [-0.4, -0.2) is 33.5 Å². The molecule has 0 fully saturated rings. The van der Waals surface area contributed by atoms with Crippen LogP contribution in [0.3, 0.4) is 0 Å². The minimum atomic E-state index is -3.87. The third-order valence-corrected chi connectivity index (χ3v) is 6.08. The molecule has 4 nitrogen and oxygen atoms in total. The third kappa shape index (κ3) is 6.44. The van der Waals surface area contributed by atoms with E-state index in [4.69, 9.17) is 34.8 Å². The second kappa shape index (κ2) is 8.71. The standard InChI is InChI=1S/C17H18Cl3NO3S/c18-17(19,20)16(22)13-25(23,24)21(11-14-7-3-1-4-8-14)12-15-9-5-2-6-10-15/h1-10,16,22H,11-13H2/t16-/m0/s1. The normalized spacial score (nSPS) is 13.8. The van der Waals surface area contributed by atoms with Crippen molar-refractivity contribution in [1.29, 1.82) is 0 Å². The lowest BCUT2D eigenvalue weighted by atomic mass is 10.2. The molecule has 8 heteroatoms. The molecule has 136 valence electrons. The first-order valence-corrected chi connectivity index (χ1v) is 10.2. The van der Waals surface area contributed by atoms with E-state index in [9.17, 15) is 13.5 Å². The lowest BCUT2D eigenvalue weighted by molar-refractivity contribution is 0.199. The monoisotopic (exact) mass is 421 g/mol. The fourth-order valence-corrected chi connectivity index (χ4v) is 4.28. The molecule has 25 heavy (non-hydrogen) atoms. The molecular formula is C17H18Cl3NO3S. The van der Waals surface area contributed by atoms with Gasteiger partial charge in [-0.15, -0.1) is 0 Å². The summed E-state index contributed by atoms with van der Waals surface area (Å²) in [6.45, 7) is 0.315. The Balaban J connectivity index is 2.26. The molecule has 0 heterocycles. The van der Waals surface area contributed by atoms with Crippen molar-refractivity contribution in [2.45, 2.75) is 23.0 Å². The van der Waals surface area contributed by atoms with E-state index in [0.29, 0.717) is 0 Å². The molecule has 0 unspecified atom stereocenters. The smallest absolute Gasteiger partial charge is 0.217 e. The zero-order chi connectivity index (χ0) is 18.5. The van der Waals surface area contributed by atoms with E-state index in [1.54, 1.807) is 0 Å². The summed E-state index contributed by atoms with van der Waals surface area (Å²) in [7, 11) is -3.87. The fourth-order valence-electron chi connectivity index (χ4n) is 2.23. The second-order valence-corrected chi connectivity index (χ2v) is 9.96. The number of alkyl halides is 3. The molecule has 2 rings (SSSR count). The molecule has 1 N–H and O–H groups in total. The van der Waals surface area contributed by atoms with Gasteiger partial charge in [0.15, 0.2) is 0 Å². The predicted octanol–water partition coefficient (Wildman–Crippen LogP) is 3.75. The van der Waals surface area contributed by atoms with Crippen LogP contribution in [0, 0.1) is 0 Å². The summed E-state index contributed by atoms with van der Waals surface area (Å²) in [6.07, 6.45) is -1.63. The summed E-state index contributed by atoms with van der Waals surface area (Å²) in [4.78, 5) is 0. The first-order valence-electron chi connectivity index (χ1n) is 7.49. The molecule has 2 aromatic carbocycles. The Morgan fingerprint density at radius 1 is 0.880 bits per heavy atom. The number of hydrogen-bond donors (Lipinski definition) is 1. The zero-order valence-corrected chi connectivity index (χ0v) is 16.3. The van der Waals surface area contributed by atoms with Crippen LogP contribution in [0.5, 0.6) is 0 Å². The van der Waals surface area contributed by atoms with Crippen LogP contribution in [0.2, 0.25) is 0 Å². The van der Waals surface area contributed by atoms with Gasteiger partial charge in [0.25, 0.3) is 0 Å². The summed E-state index contributed by atoms with van der Waals surface area (Å²) in [5.41, 5.74) is 1.65. The minimum absolute atomic E-state index is 0.157. The van der Waals surface area contributed by atoms with E-state index in [-0.39, 0.29) is 13.1 Å². The van der Waals surface area contributed by atoms with E-state index in [2.05, 4.69) is 0 Å². The van der Waals surface area contributed by atoms with Gasteiger partial charge in [0.1, 0.15) is 6.10 Å². The van der Waals surface area contributed by atoms with Gasteiger partial charge in [-0.3, -0.25) is 0 Å². The maximum Gasteiger partial charge on any atom is 0.217 e. The first kappa shape index (κ1) is 20.5. The van der Waals surface area contributed by atoms with E-state index in [0.717, 1.165) is 11.1 Å². The molecule has 0 aliphatic carbocycles. The SMILES string of the molecule is O=S(=O)(C[C@H](O)C(Cl)(Cl)Cl)N(Cc1ccccc1)Cc1ccccc1. The quantitative estimate of drug-likeness (QED) is 0.691. The number of hydrogen-bond acceptors (Lipinski definition) is 3. The van der Waals surface area contributed by atoms with Gasteiger partial charge in [0.2, 0.25) is 13.8 Å². The first-order chi connectivity index (χ1) is 11.7. The maximum absolute atomic E-state index is 12.8. The van der Waals surface area contributed by atoms with Crippen molar-refractivity contribution in [3.05, 3.63) is 71.8 Å². The summed E-state index contributed by atoms with van der Waals surface area (Å²) in [5.74, 6) is -0.677. The van der Waals surface area contributed by atoms with Crippen molar-refractivity contribution >= 4 is 44.8 Å². The van der Waals surface area contributed by atoms with Gasteiger partial charge in [0.05, 0.1) is 5.75 Å². The Morgan fingerprint density at radius 2 is 1.28 bits per heavy atom. The number of benzene rings is 2. The van der Waals surface area contributed by atoms with Crippen molar-refractivity contribution in [1.82, 2.24) is 4.31 Å². The number of aliphatic hydroxyl groups excluding tert-OH is 1. The Morgan fingerprint density at radius 3 is 1.64 bits per heavy atom. The molecular weight excluding hydrogens is 405 g/mol.